The molecule has 0 aromatic carbocycles. The minimum Gasteiger partial charge on any atom is -0.368 e. The van der Waals surface area contributed by atoms with Crippen LogP contribution in [-0.4, -0.2) is 40.5 Å². The monoisotopic (exact) mass is 217 g/mol. The zero-order valence-electron chi connectivity index (χ0n) is 7.42. The van der Waals surface area contributed by atoms with E-state index in [0.29, 0.717) is 13.0 Å². The van der Waals surface area contributed by atoms with Crippen LogP contribution in [0.5, 0.6) is 0 Å². The Hall–Kier alpha value is -0.950. The Morgan fingerprint density at radius 3 is 2.86 bits per heavy atom. The Balaban J connectivity index is 2.20. The molecular weight excluding hydrogens is 206 g/mol. The van der Waals surface area contributed by atoms with Gasteiger partial charge in [-0.1, -0.05) is 0 Å². The molecule has 2 aliphatic rings. The van der Waals surface area contributed by atoms with Gasteiger partial charge in [0.15, 0.2) is 0 Å². The molecule has 0 unspecified atom stereocenters. The van der Waals surface area contributed by atoms with E-state index in [4.69, 9.17) is 5.73 Å². The first-order valence-electron chi connectivity index (χ1n) is 4.36. The smallest absolute Gasteiger partial charge is 0.345 e. The standard InChI is InChI=1S/C7H11N3O3S/c8-6(11)5-2-1-4-3-9(5)7(12)10(4)13-14/h4-5,14H,1-3H2,(H2,8,11)/t4-,5+/m1/s1. The first-order chi connectivity index (χ1) is 6.65. The number of hydrogen-bond donors (Lipinski definition) is 2. The third kappa shape index (κ3) is 1.24. The maximum absolute atomic E-state index is 11.6. The molecule has 7 heteroatoms. The summed E-state index contributed by atoms with van der Waals surface area (Å²) >= 11 is 3.60. The van der Waals surface area contributed by atoms with E-state index in [1.807, 2.05) is 0 Å². The molecule has 6 nitrogen and oxygen atoms in total. The molecule has 0 saturated carbocycles. The van der Waals surface area contributed by atoms with Crippen LogP contribution in [-0.2, 0) is 9.08 Å². The Bertz CT molecular complexity index is 285. The summed E-state index contributed by atoms with van der Waals surface area (Å²) < 4.78 is 4.65. The molecule has 2 rings (SSSR count). The van der Waals surface area contributed by atoms with Crippen molar-refractivity contribution in [1.29, 1.82) is 0 Å². The van der Waals surface area contributed by atoms with Crippen LogP contribution in [0.25, 0.3) is 0 Å². The number of hydroxylamine groups is 2. The van der Waals surface area contributed by atoms with Crippen molar-refractivity contribution in [3.8, 4) is 0 Å². The molecule has 2 bridgehead atoms. The van der Waals surface area contributed by atoms with Crippen molar-refractivity contribution in [2.45, 2.75) is 24.9 Å². The van der Waals surface area contributed by atoms with Gasteiger partial charge in [-0.3, -0.25) is 4.79 Å². The Morgan fingerprint density at radius 2 is 2.29 bits per heavy atom. The maximum atomic E-state index is 11.6. The normalized spacial score (nSPS) is 31.1. The Labute approximate surface area is 86.5 Å². The molecule has 2 aliphatic heterocycles. The second kappa shape index (κ2) is 3.32. The summed E-state index contributed by atoms with van der Waals surface area (Å²) in [6.07, 6.45) is 1.32. The number of thiol groups is 1. The topological polar surface area (TPSA) is 75.9 Å². The van der Waals surface area contributed by atoms with Crippen molar-refractivity contribution in [2.24, 2.45) is 5.73 Å². The van der Waals surface area contributed by atoms with Gasteiger partial charge in [0.1, 0.15) is 6.04 Å². The van der Waals surface area contributed by atoms with E-state index in [9.17, 15) is 9.59 Å². The number of primary amides is 1. The first-order valence-corrected chi connectivity index (χ1v) is 4.72. The minimum atomic E-state index is -0.493. The number of carbonyl (C=O) groups excluding carboxylic acids is 2. The summed E-state index contributed by atoms with van der Waals surface area (Å²) in [5.41, 5.74) is 5.19. The van der Waals surface area contributed by atoms with Crippen molar-refractivity contribution in [3.63, 3.8) is 0 Å². The second-order valence-corrected chi connectivity index (χ2v) is 3.66. The number of nitrogens with zero attached hydrogens (tertiary/aromatic N) is 2. The number of piperidine rings is 1. The van der Waals surface area contributed by atoms with Gasteiger partial charge in [-0.15, -0.1) is 0 Å². The summed E-state index contributed by atoms with van der Waals surface area (Å²) in [5.74, 6) is -0.460. The third-order valence-corrected chi connectivity index (χ3v) is 2.92. The van der Waals surface area contributed by atoms with Gasteiger partial charge in [-0.05, 0) is 12.8 Å². The zero-order valence-corrected chi connectivity index (χ0v) is 8.31. The molecule has 2 saturated heterocycles. The molecule has 2 heterocycles. The molecule has 14 heavy (non-hydrogen) atoms. The average molecular weight is 217 g/mol. The van der Waals surface area contributed by atoms with Crippen LogP contribution in [0.3, 0.4) is 0 Å². The summed E-state index contributed by atoms with van der Waals surface area (Å²) in [6, 6.07) is -0.825. The number of carbonyl (C=O) groups is 2. The molecule has 0 aliphatic carbocycles. The highest BCUT2D eigenvalue weighted by molar-refractivity contribution is 7.75. The fourth-order valence-electron chi connectivity index (χ4n) is 2.03. The van der Waals surface area contributed by atoms with E-state index in [1.165, 1.54) is 9.96 Å². The highest BCUT2D eigenvalue weighted by Gasteiger charge is 2.47. The van der Waals surface area contributed by atoms with Crippen molar-refractivity contribution >= 4 is 24.8 Å². The van der Waals surface area contributed by atoms with Crippen LogP contribution in [0.1, 0.15) is 12.8 Å². The highest BCUT2D eigenvalue weighted by Crippen LogP contribution is 2.29. The van der Waals surface area contributed by atoms with E-state index in [-0.39, 0.29) is 12.1 Å². The lowest BCUT2D eigenvalue weighted by Crippen LogP contribution is -2.47. The van der Waals surface area contributed by atoms with E-state index in [2.05, 4.69) is 17.2 Å². The van der Waals surface area contributed by atoms with Gasteiger partial charge in [-0.2, -0.15) is 5.06 Å². The largest absolute Gasteiger partial charge is 0.368 e. The molecule has 0 aromatic rings. The minimum absolute atomic E-state index is 0.00407. The molecule has 0 aromatic heterocycles. The molecule has 3 amide bonds. The van der Waals surface area contributed by atoms with E-state index >= 15 is 0 Å². The SMILES string of the molecule is NC(=O)[C@@H]1CC[C@@H]2CN1C(=O)N2OS. The van der Waals surface area contributed by atoms with Crippen LogP contribution in [0.4, 0.5) is 4.79 Å². The number of nitrogens with two attached hydrogens (primary N) is 1. The predicted octanol–water partition coefficient (Wildman–Crippen LogP) is -0.483. The summed E-state index contributed by atoms with van der Waals surface area (Å²) in [7, 11) is 0. The van der Waals surface area contributed by atoms with Crippen LogP contribution in [0.2, 0.25) is 0 Å². The van der Waals surface area contributed by atoms with Crippen molar-refractivity contribution in [3.05, 3.63) is 0 Å². The van der Waals surface area contributed by atoms with E-state index in [1.54, 1.807) is 0 Å². The lowest BCUT2D eigenvalue weighted by Gasteiger charge is -2.27. The first kappa shape index (κ1) is 9.60. The van der Waals surface area contributed by atoms with Crippen LogP contribution >= 0.6 is 12.9 Å². The van der Waals surface area contributed by atoms with Crippen molar-refractivity contribution < 1.29 is 13.9 Å². The lowest BCUT2D eigenvalue weighted by atomic mass is 10.0. The molecule has 0 radical (unpaired) electrons. The second-order valence-electron chi connectivity index (χ2n) is 3.49. The van der Waals surface area contributed by atoms with E-state index in [0.717, 1.165) is 6.42 Å². The predicted molar refractivity (Wildman–Crippen MR) is 50.0 cm³/mol. The Morgan fingerprint density at radius 1 is 1.57 bits per heavy atom. The summed E-state index contributed by atoms with van der Waals surface area (Å²) in [6.45, 7) is 0.493. The molecule has 0 spiro atoms. The lowest BCUT2D eigenvalue weighted by molar-refractivity contribution is -0.122. The van der Waals surface area contributed by atoms with Crippen molar-refractivity contribution in [1.82, 2.24) is 9.96 Å². The zero-order chi connectivity index (χ0) is 10.3. The van der Waals surface area contributed by atoms with Gasteiger partial charge >= 0.3 is 6.03 Å². The number of rotatable bonds is 2. The van der Waals surface area contributed by atoms with Crippen LogP contribution in [0, 0.1) is 0 Å². The number of urea groups is 1. The van der Waals surface area contributed by atoms with Crippen LogP contribution in [0.15, 0.2) is 0 Å². The summed E-state index contributed by atoms with van der Waals surface area (Å²) in [5, 5.41) is 1.19. The van der Waals surface area contributed by atoms with Gasteiger partial charge in [0.2, 0.25) is 5.91 Å². The fraction of sp³-hybridized carbons (Fsp3) is 0.714. The highest BCUT2D eigenvalue weighted by atomic mass is 32.1. The molecule has 78 valence electrons. The fourth-order valence-corrected chi connectivity index (χ4v) is 2.24. The molecular formula is C7H11N3O3S. The van der Waals surface area contributed by atoms with E-state index < -0.39 is 11.9 Å². The molecule has 2 N–H and O–H groups in total. The quantitative estimate of drug-likeness (QED) is 0.484. The van der Waals surface area contributed by atoms with Crippen molar-refractivity contribution in [2.75, 3.05) is 6.54 Å². The summed E-state index contributed by atoms with van der Waals surface area (Å²) in [4.78, 5) is 24.1. The average Bonchev–Trinajstić information content (AvgIpc) is 2.39. The Kier molecular flexibility index (Phi) is 2.28. The molecule has 2 fully saturated rings. The van der Waals surface area contributed by atoms with Gasteiger partial charge in [-0.25, -0.2) is 9.08 Å². The third-order valence-electron chi connectivity index (χ3n) is 2.74. The van der Waals surface area contributed by atoms with Gasteiger partial charge in [0.25, 0.3) is 0 Å². The maximum Gasteiger partial charge on any atom is 0.345 e. The number of amides is 3. The van der Waals surface area contributed by atoms with Gasteiger partial charge < -0.3 is 10.6 Å². The van der Waals surface area contributed by atoms with Gasteiger partial charge in [0.05, 0.1) is 6.04 Å². The van der Waals surface area contributed by atoms with Crippen LogP contribution < -0.4 is 5.73 Å². The number of hydrogen-bond acceptors (Lipinski definition) is 4. The van der Waals surface area contributed by atoms with Gasteiger partial charge in [0, 0.05) is 19.5 Å². The number of fused-ring (bicyclic) bond motifs is 2. The molecule has 2 atom stereocenters.